The number of nitrogen functional groups attached to an aromatic ring is 1. The lowest BCUT2D eigenvalue weighted by Crippen LogP contribution is -2.15. The molecule has 21 heavy (non-hydrogen) atoms. The van der Waals surface area contributed by atoms with E-state index >= 15 is 0 Å². The first-order valence-corrected chi connectivity index (χ1v) is 7.41. The molecule has 3 N–H and O–H groups in total. The van der Waals surface area contributed by atoms with E-state index in [1.165, 1.54) is 11.8 Å². The molecule has 1 aromatic heterocycles. The minimum Gasteiger partial charge on any atom is -0.486 e. The SMILES string of the molecule is N=C(N)c1ccnc(Sc2ccc3c(c2)OCCO3)c1Cl. The molecule has 0 atom stereocenters. The van der Waals surface area contributed by atoms with Gasteiger partial charge in [0, 0.05) is 16.7 Å². The lowest BCUT2D eigenvalue weighted by molar-refractivity contribution is 0.171. The normalized spacial score (nSPS) is 13.0. The molecule has 0 fully saturated rings. The molecule has 1 aliphatic heterocycles. The number of hydrogen-bond acceptors (Lipinski definition) is 5. The highest BCUT2D eigenvalue weighted by molar-refractivity contribution is 7.99. The molecular weight excluding hydrogens is 310 g/mol. The molecule has 0 saturated carbocycles. The number of nitrogens with zero attached hydrogens (tertiary/aromatic N) is 1. The fourth-order valence-corrected chi connectivity index (χ4v) is 3.07. The zero-order valence-electron chi connectivity index (χ0n) is 10.9. The van der Waals surface area contributed by atoms with E-state index in [0.717, 1.165) is 10.6 Å². The summed E-state index contributed by atoms with van der Waals surface area (Å²) in [7, 11) is 0. The second kappa shape index (κ2) is 5.83. The van der Waals surface area contributed by atoms with Crippen LogP contribution in [-0.2, 0) is 0 Å². The standard InChI is InChI=1S/C14H12ClN3O2S/c15-12-9(13(16)17)3-4-18-14(12)21-8-1-2-10-11(7-8)20-6-5-19-10/h1-4,7H,5-6H2,(H3,16,17). The van der Waals surface area contributed by atoms with Crippen LogP contribution in [-0.4, -0.2) is 24.0 Å². The maximum atomic E-state index is 7.50. The first-order valence-electron chi connectivity index (χ1n) is 6.21. The number of nitrogens with two attached hydrogens (primary N) is 1. The van der Waals surface area contributed by atoms with Crippen molar-refractivity contribution in [3.8, 4) is 11.5 Å². The van der Waals surface area contributed by atoms with Crippen molar-refractivity contribution in [1.82, 2.24) is 4.98 Å². The van der Waals surface area contributed by atoms with Crippen molar-refractivity contribution in [3.05, 3.63) is 41.0 Å². The average Bonchev–Trinajstić information content (AvgIpc) is 2.49. The molecule has 0 amide bonds. The Morgan fingerprint density at radius 3 is 2.76 bits per heavy atom. The van der Waals surface area contributed by atoms with E-state index < -0.39 is 0 Å². The zero-order chi connectivity index (χ0) is 14.8. The van der Waals surface area contributed by atoms with Crippen LogP contribution in [0.25, 0.3) is 0 Å². The van der Waals surface area contributed by atoms with Crippen molar-refractivity contribution in [2.75, 3.05) is 13.2 Å². The van der Waals surface area contributed by atoms with Crippen LogP contribution in [0, 0.1) is 5.41 Å². The van der Waals surface area contributed by atoms with Gasteiger partial charge in [-0.1, -0.05) is 23.4 Å². The van der Waals surface area contributed by atoms with Gasteiger partial charge in [-0.05, 0) is 24.3 Å². The minimum absolute atomic E-state index is 0.0774. The Balaban J connectivity index is 1.90. The predicted octanol–water partition coefficient (Wildman–Crippen LogP) is 2.94. The molecule has 0 spiro atoms. The van der Waals surface area contributed by atoms with Gasteiger partial charge in [0.1, 0.15) is 24.1 Å². The van der Waals surface area contributed by atoms with Gasteiger partial charge in [-0.25, -0.2) is 4.98 Å². The molecule has 0 radical (unpaired) electrons. The van der Waals surface area contributed by atoms with Crippen LogP contribution in [0.5, 0.6) is 11.5 Å². The van der Waals surface area contributed by atoms with Crippen LogP contribution in [0.3, 0.4) is 0 Å². The number of nitrogens with one attached hydrogen (secondary N) is 1. The number of pyridine rings is 1. The van der Waals surface area contributed by atoms with Crippen molar-refractivity contribution in [2.45, 2.75) is 9.92 Å². The third-order valence-corrected chi connectivity index (χ3v) is 4.36. The monoisotopic (exact) mass is 321 g/mol. The lowest BCUT2D eigenvalue weighted by Gasteiger charge is -2.18. The number of rotatable bonds is 3. The Bertz CT molecular complexity index is 709. The minimum atomic E-state index is -0.0774. The Labute approximate surface area is 130 Å². The zero-order valence-corrected chi connectivity index (χ0v) is 12.5. The molecule has 0 saturated heterocycles. The Morgan fingerprint density at radius 2 is 2.00 bits per heavy atom. The van der Waals surface area contributed by atoms with Gasteiger partial charge in [0.15, 0.2) is 11.5 Å². The summed E-state index contributed by atoms with van der Waals surface area (Å²) in [6.45, 7) is 1.10. The second-order valence-corrected chi connectivity index (χ2v) is 5.74. The highest BCUT2D eigenvalue weighted by Crippen LogP contribution is 2.38. The summed E-state index contributed by atoms with van der Waals surface area (Å²) in [6, 6.07) is 7.28. The van der Waals surface area contributed by atoms with Gasteiger partial charge in [0.25, 0.3) is 0 Å². The highest BCUT2D eigenvalue weighted by Gasteiger charge is 2.15. The van der Waals surface area contributed by atoms with Crippen LogP contribution in [0.4, 0.5) is 0 Å². The molecule has 0 aliphatic carbocycles. The first kappa shape index (κ1) is 14.0. The fraction of sp³-hybridized carbons (Fsp3) is 0.143. The van der Waals surface area contributed by atoms with Gasteiger partial charge in [-0.2, -0.15) is 0 Å². The largest absolute Gasteiger partial charge is 0.486 e. The van der Waals surface area contributed by atoms with Crippen LogP contribution < -0.4 is 15.2 Å². The number of aromatic nitrogens is 1. The summed E-state index contributed by atoms with van der Waals surface area (Å²) in [5.74, 6) is 1.37. The van der Waals surface area contributed by atoms with Crippen molar-refractivity contribution in [2.24, 2.45) is 5.73 Å². The van der Waals surface area contributed by atoms with Crippen molar-refractivity contribution < 1.29 is 9.47 Å². The quantitative estimate of drug-likeness (QED) is 0.671. The topological polar surface area (TPSA) is 81.2 Å². The maximum Gasteiger partial charge on any atom is 0.162 e. The maximum absolute atomic E-state index is 7.50. The van der Waals surface area contributed by atoms with Crippen molar-refractivity contribution in [1.29, 1.82) is 5.41 Å². The number of fused-ring (bicyclic) bond motifs is 1. The fourth-order valence-electron chi connectivity index (χ4n) is 1.90. The van der Waals surface area contributed by atoms with E-state index in [4.69, 9.17) is 32.2 Å². The Hall–Kier alpha value is -1.92. The van der Waals surface area contributed by atoms with E-state index in [2.05, 4.69) is 4.98 Å². The Kier molecular flexibility index (Phi) is 3.90. The number of amidine groups is 1. The molecule has 108 valence electrons. The molecule has 1 aromatic carbocycles. The Morgan fingerprint density at radius 1 is 1.24 bits per heavy atom. The molecule has 7 heteroatoms. The number of halogens is 1. The first-order chi connectivity index (χ1) is 10.1. The average molecular weight is 322 g/mol. The smallest absolute Gasteiger partial charge is 0.162 e. The third kappa shape index (κ3) is 2.91. The third-order valence-electron chi connectivity index (χ3n) is 2.88. The summed E-state index contributed by atoms with van der Waals surface area (Å²) in [5.41, 5.74) is 5.97. The van der Waals surface area contributed by atoms with Gasteiger partial charge in [0.05, 0.1) is 5.02 Å². The number of benzene rings is 1. The molecule has 3 rings (SSSR count). The van der Waals surface area contributed by atoms with Gasteiger partial charge >= 0.3 is 0 Å². The molecule has 0 bridgehead atoms. The van der Waals surface area contributed by atoms with Crippen LogP contribution in [0.2, 0.25) is 5.02 Å². The van der Waals surface area contributed by atoms with Gasteiger partial charge in [-0.15, -0.1) is 0 Å². The van der Waals surface area contributed by atoms with Gasteiger partial charge in [-0.3, -0.25) is 5.41 Å². The number of ether oxygens (including phenoxy) is 2. The molecule has 2 heterocycles. The van der Waals surface area contributed by atoms with Crippen LogP contribution >= 0.6 is 23.4 Å². The molecular formula is C14H12ClN3O2S. The van der Waals surface area contributed by atoms with E-state index in [9.17, 15) is 0 Å². The van der Waals surface area contributed by atoms with E-state index in [0.29, 0.717) is 34.6 Å². The van der Waals surface area contributed by atoms with Crippen molar-refractivity contribution in [3.63, 3.8) is 0 Å². The molecule has 1 aliphatic rings. The lowest BCUT2D eigenvalue weighted by atomic mass is 10.2. The number of hydrogen-bond donors (Lipinski definition) is 2. The van der Waals surface area contributed by atoms with Crippen LogP contribution in [0.1, 0.15) is 5.56 Å². The second-order valence-electron chi connectivity index (χ2n) is 4.30. The van der Waals surface area contributed by atoms with E-state index in [-0.39, 0.29) is 5.84 Å². The van der Waals surface area contributed by atoms with Gasteiger partial charge in [0.2, 0.25) is 0 Å². The highest BCUT2D eigenvalue weighted by atomic mass is 35.5. The van der Waals surface area contributed by atoms with E-state index in [1.807, 2.05) is 18.2 Å². The van der Waals surface area contributed by atoms with Crippen molar-refractivity contribution >= 4 is 29.2 Å². The summed E-state index contributed by atoms with van der Waals surface area (Å²) in [4.78, 5) is 5.16. The summed E-state index contributed by atoms with van der Waals surface area (Å²) in [5, 5.41) is 8.47. The summed E-state index contributed by atoms with van der Waals surface area (Å²) >= 11 is 7.62. The molecule has 2 aromatic rings. The van der Waals surface area contributed by atoms with Crippen LogP contribution in [0.15, 0.2) is 40.4 Å². The molecule has 5 nitrogen and oxygen atoms in total. The summed E-state index contributed by atoms with van der Waals surface area (Å²) < 4.78 is 11.0. The van der Waals surface area contributed by atoms with E-state index in [1.54, 1.807) is 12.3 Å². The van der Waals surface area contributed by atoms with Gasteiger partial charge < -0.3 is 15.2 Å². The molecule has 0 unspecified atom stereocenters. The predicted molar refractivity (Wildman–Crippen MR) is 81.8 cm³/mol. The summed E-state index contributed by atoms with van der Waals surface area (Å²) in [6.07, 6.45) is 1.59.